The highest BCUT2D eigenvalue weighted by atomic mass is 35.5. The van der Waals surface area contributed by atoms with Gasteiger partial charge in [-0.1, -0.05) is 65.4 Å². The zero-order valence-corrected chi connectivity index (χ0v) is 17.3. The SMILES string of the molecule is O=C(CCCc1ccccc1)Nc1nnc(CCNC(=O)c2ccccc2Cl)s1. The molecular weight excluding hydrogens is 408 g/mol. The van der Waals surface area contributed by atoms with Crippen molar-refractivity contribution < 1.29 is 9.59 Å². The molecule has 0 saturated heterocycles. The lowest BCUT2D eigenvalue weighted by Gasteiger charge is -2.05. The number of aromatic nitrogens is 2. The number of nitrogens with one attached hydrogen (secondary N) is 2. The fraction of sp³-hybridized carbons (Fsp3) is 0.238. The van der Waals surface area contributed by atoms with Crippen LogP contribution in [-0.4, -0.2) is 28.6 Å². The van der Waals surface area contributed by atoms with Gasteiger partial charge in [-0.15, -0.1) is 10.2 Å². The van der Waals surface area contributed by atoms with Gasteiger partial charge in [0, 0.05) is 19.4 Å². The van der Waals surface area contributed by atoms with E-state index in [-0.39, 0.29) is 11.8 Å². The van der Waals surface area contributed by atoms with Crippen molar-refractivity contribution in [2.75, 3.05) is 11.9 Å². The van der Waals surface area contributed by atoms with Crippen molar-refractivity contribution in [2.45, 2.75) is 25.7 Å². The van der Waals surface area contributed by atoms with Crippen LogP contribution in [0.2, 0.25) is 5.02 Å². The summed E-state index contributed by atoms with van der Waals surface area (Å²) in [5, 5.41) is 15.3. The number of anilines is 1. The highest BCUT2D eigenvalue weighted by Gasteiger charge is 2.11. The van der Waals surface area contributed by atoms with Crippen LogP contribution in [-0.2, 0) is 17.6 Å². The number of rotatable bonds is 9. The number of amides is 2. The number of nitrogens with zero attached hydrogens (tertiary/aromatic N) is 2. The molecule has 0 bridgehead atoms. The minimum Gasteiger partial charge on any atom is -0.352 e. The van der Waals surface area contributed by atoms with Crippen LogP contribution in [0.15, 0.2) is 54.6 Å². The summed E-state index contributed by atoms with van der Waals surface area (Å²) in [4.78, 5) is 24.2. The van der Waals surface area contributed by atoms with E-state index in [1.54, 1.807) is 24.3 Å². The van der Waals surface area contributed by atoms with E-state index < -0.39 is 0 Å². The van der Waals surface area contributed by atoms with Crippen LogP contribution in [0.5, 0.6) is 0 Å². The number of hydrogen-bond donors (Lipinski definition) is 2. The molecule has 0 spiro atoms. The summed E-state index contributed by atoms with van der Waals surface area (Å²) in [6, 6.07) is 17.0. The van der Waals surface area contributed by atoms with E-state index in [9.17, 15) is 9.59 Å². The predicted octanol–water partition coefficient (Wildman–Crippen LogP) is 4.13. The Hall–Kier alpha value is -2.77. The van der Waals surface area contributed by atoms with Crippen LogP contribution in [0.25, 0.3) is 0 Å². The minimum atomic E-state index is -0.230. The molecule has 2 amide bonds. The highest BCUT2D eigenvalue weighted by Crippen LogP contribution is 2.17. The molecule has 3 aromatic rings. The number of carbonyl (C=O) groups excluding carboxylic acids is 2. The molecule has 0 atom stereocenters. The van der Waals surface area contributed by atoms with Crippen LogP contribution in [0, 0.1) is 0 Å². The molecule has 2 N–H and O–H groups in total. The fourth-order valence-corrected chi connectivity index (χ4v) is 3.69. The van der Waals surface area contributed by atoms with Gasteiger partial charge in [0.25, 0.3) is 5.91 Å². The van der Waals surface area contributed by atoms with Gasteiger partial charge in [0.05, 0.1) is 10.6 Å². The smallest absolute Gasteiger partial charge is 0.252 e. The zero-order chi connectivity index (χ0) is 20.5. The van der Waals surface area contributed by atoms with Crippen molar-refractivity contribution in [3.05, 3.63) is 75.8 Å². The molecule has 1 aromatic heterocycles. The molecule has 0 aliphatic heterocycles. The van der Waals surface area contributed by atoms with E-state index in [0.717, 1.165) is 17.8 Å². The van der Waals surface area contributed by atoms with E-state index >= 15 is 0 Å². The van der Waals surface area contributed by atoms with Crippen LogP contribution >= 0.6 is 22.9 Å². The standard InChI is InChI=1S/C21H21ClN4O2S/c22-17-11-5-4-10-16(17)20(28)23-14-13-19-25-26-21(29-19)24-18(27)12-6-9-15-7-2-1-3-8-15/h1-5,7-8,10-11H,6,9,12-14H2,(H,23,28)(H,24,26,27). The molecule has 0 aliphatic carbocycles. The van der Waals surface area contributed by atoms with Crippen molar-refractivity contribution in [2.24, 2.45) is 0 Å². The normalized spacial score (nSPS) is 10.5. The van der Waals surface area contributed by atoms with Crippen LogP contribution in [0.3, 0.4) is 0 Å². The van der Waals surface area contributed by atoms with Crippen LogP contribution < -0.4 is 10.6 Å². The van der Waals surface area contributed by atoms with E-state index in [2.05, 4.69) is 33.0 Å². The summed E-state index contributed by atoms with van der Waals surface area (Å²) in [6.45, 7) is 0.406. The Kier molecular flexibility index (Phi) is 7.72. The van der Waals surface area contributed by atoms with E-state index in [1.807, 2.05) is 18.2 Å². The number of aryl methyl sites for hydroxylation is 1. The lowest BCUT2D eigenvalue weighted by Crippen LogP contribution is -2.25. The first-order valence-corrected chi connectivity index (χ1v) is 10.5. The fourth-order valence-electron chi connectivity index (χ4n) is 2.71. The van der Waals surface area contributed by atoms with Crippen molar-refractivity contribution in [1.82, 2.24) is 15.5 Å². The summed E-state index contributed by atoms with van der Waals surface area (Å²) in [5.74, 6) is -0.303. The van der Waals surface area contributed by atoms with Gasteiger partial charge in [-0.05, 0) is 30.5 Å². The molecule has 0 radical (unpaired) electrons. The molecule has 150 valence electrons. The molecule has 1 heterocycles. The van der Waals surface area contributed by atoms with Gasteiger partial charge in [-0.3, -0.25) is 9.59 Å². The summed E-state index contributed by atoms with van der Waals surface area (Å²) in [7, 11) is 0. The molecule has 0 saturated carbocycles. The molecule has 2 aromatic carbocycles. The van der Waals surface area contributed by atoms with Gasteiger partial charge in [-0.25, -0.2) is 0 Å². The second-order valence-electron chi connectivity index (χ2n) is 6.37. The maximum atomic E-state index is 12.1. The van der Waals surface area contributed by atoms with Crippen molar-refractivity contribution >= 4 is 39.9 Å². The molecule has 0 fully saturated rings. The minimum absolute atomic E-state index is 0.0735. The predicted molar refractivity (Wildman–Crippen MR) is 115 cm³/mol. The van der Waals surface area contributed by atoms with Crippen molar-refractivity contribution in [3.8, 4) is 0 Å². The molecule has 6 nitrogen and oxygen atoms in total. The molecular formula is C21H21ClN4O2S. The first-order valence-electron chi connectivity index (χ1n) is 9.30. The Morgan fingerprint density at radius 3 is 2.52 bits per heavy atom. The molecule has 29 heavy (non-hydrogen) atoms. The first kappa shape index (κ1) is 21.0. The average Bonchev–Trinajstić information content (AvgIpc) is 3.16. The quantitative estimate of drug-likeness (QED) is 0.536. The average molecular weight is 429 g/mol. The summed E-state index contributed by atoms with van der Waals surface area (Å²) >= 11 is 7.33. The van der Waals surface area contributed by atoms with Crippen molar-refractivity contribution in [1.29, 1.82) is 0 Å². The lowest BCUT2D eigenvalue weighted by atomic mass is 10.1. The highest BCUT2D eigenvalue weighted by molar-refractivity contribution is 7.15. The molecule has 8 heteroatoms. The summed E-state index contributed by atoms with van der Waals surface area (Å²) in [5.41, 5.74) is 1.66. The molecule has 3 rings (SSSR count). The van der Waals surface area contributed by atoms with Gasteiger partial charge >= 0.3 is 0 Å². The first-order chi connectivity index (χ1) is 14.1. The maximum Gasteiger partial charge on any atom is 0.252 e. The Labute approximate surface area is 178 Å². The Morgan fingerprint density at radius 2 is 1.72 bits per heavy atom. The maximum absolute atomic E-state index is 12.1. The van der Waals surface area contributed by atoms with E-state index in [0.29, 0.717) is 35.1 Å². The molecule has 0 unspecified atom stereocenters. The Balaban J connectivity index is 1.38. The van der Waals surface area contributed by atoms with Gasteiger partial charge in [0.2, 0.25) is 11.0 Å². The van der Waals surface area contributed by atoms with Crippen LogP contribution in [0.4, 0.5) is 5.13 Å². The third kappa shape index (κ3) is 6.66. The van der Waals surface area contributed by atoms with E-state index in [4.69, 9.17) is 11.6 Å². The zero-order valence-electron chi connectivity index (χ0n) is 15.7. The second kappa shape index (κ2) is 10.7. The number of halogens is 1. The van der Waals surface area contributed by atoms with E-state index in [1.165, 1.54) is 16.9 Å². The lowest BCUT2D eigenvalue weighted by molar-refractivity contribution is -0.116. The third-order valence-electron chi connectivity index (χ3n) is 4.17. The van der Waals surface area contributed by atoms with Gasteiger partial charge in [0.1, 0.15) is 5.01 Å². The van der Waals surface area contributed by atoms with Crippen molar-refractivity contribution in [3.63, 3.8) is 0 Å². The largest absolute Gasteiger partial charge is 0.352 e. The second-order valence-corrected chi connectivity index (χ2v) is 7.84. The Bertz CT molecular complexity index is 962. The van der Waals surface area contributed by atoms with Gasteiger partial charge < -0.3 is 10.6 Å². The number of carbonyl (C=O) groups is 2. The number of hydrogen-bond acceptors (Lipinski definition) is 5. The monoisotopic (exact) mass is 428 g/mol. The summed E-state index contributed by atoms with van der Waals surface area (Å²) < 4.78 is 0. The van der Waals surface area contributed by atoms with Crippen LogP contribution in [0.1, 0.15) is 33.8 Å². The topological polar surface area (TPSA) is 84.0 Å². The third-order valence-corrected chi connectivity index (χ3v) is 5.40. The number of benzene rings is 2. The Morgan fingerprint density at radius 1 is 0.966 bits per heavy atom. The molecule has 0 aliphatic rings. The van der Waals surface area contributed by atoms with Gasteiger partial charge in [0.15, 0.2) is 0 Å². The van der Waals surface area contributed by atoms with Gasteiger partial charge in [-0.2, -0.15) is 0 Å². The summed E-state index contributed by atoms with van der Waals surface area (Å²) in [6.07, 6.45) is 2.59.